The summed E-state index contributed by atoms with van der Waals surface area (Å²) in [6.45, 7) is 1.95. The number of nitrogens with two attached hydrogens (primary N) is 1. The first-order valence-corrected chi connectivity index (χ1v) is 5.98. The fourth-order valence-electron chi connectivity index (χ4n) is 2.43. The van der Waals surface area contributed by atoms with Crippen LogP contribution in [0.5, 0.6) is 0 Å². The Balaban J connectivity index is 2.36. The van der Waals surface area contributed by atoms with Crippen molar-refractivity contribution < 1.29 is 4.79 Å². The van der Waals surface area contributed by atoms with E-state index in [9.17, 15) is 4.79 Å². The van der Waals surface area contributed by atoms with Gasteiger partial charge in [0.05, 0.1) is 5.02 Å². The van der Waals surface area contributed by atoms with Crippen LogP contribution in [0.4, 0.5) is 0 Å². The van der Waals surface area contributed by atoms with E-state index in [0.29, 0.717) is 10.6 Å². The first kappa shape index (κ1) is 11.6. The summed E-state index contributed by atoms with van der Waals surface area (Å²) in [5.74, 6) is 0.0862. The lowest BCUT2D eigenvalue weighted by atomic mass is 9.78. The second-order valence-corrected chi connectivity index (χ2v) is 5.13. The van der Waals surface area contributed by atoms with Crippen molar-refractivity contribution in [3.05, 3.63) is 34.9 Å². The van der Waals surface area contributed by atoms with Crippen molar-refractivity contribution in [2.24, 2.45) is 11.1 Å². The molecule has 86 valence electrons. The maximum Gasteiger partial charge on any atom is 0.171 e. The first-order valence-electron chi connectivity index (χ1n) is 5.60. The van der Waals surface area contributed by atoms with Crippen molar-refractivity contribution >= 4 is 17.4 Å². The predicted octanol–water partition coefficient (Wildman–Crippen LogP) is 3.04. The molecule has 1 aromatic rings. The third-order valence-corrected chi connectivity index (χ3v) is 4.00. The van der Waals surface area contributed by atoms with Gasteiger partial charge in [-0.1, -0.05) is 37.1 Å². The summed E-state index contributed by atoms with van der Waals surface area (Å²) in [5, 5.41) is 0.521. The Morgan fingerprint density at radius 2 is 2.19 bits per heavy atom. The molecular weight excluding hydrogens is 222 g/mol. The molecule has 1 aliphatic rings. The van der Waals surface area contributed by atoms with Crippen LogP contribution in [-0.2, 0) is 0 Å². The molecule has 2 N–H and O–H groups in total. The maximum atomic E-state index is 12.4. The van der Waals surface area contributed by atoms with E-state index >= 15 is 0 Å². The molecule has 16 heavy (non-hydrogen) atoms. The summed E-state index contributed by atoms with van der Waals surface area (Å²) < 4.78 is 0. The Morgan fingerprint density at radius 3 is 2.75 bits per heavy atom. The third-order valence-electron chi connectivity index (χ3n) is 3.67. The first-order chi connectivity index (χ1) is 7.55. The van der Waals surface area contributed by atoms with Gasteiger partial charge in [0.25, 0.3) is 0 Å². The summed E-state index contributed by atoms with van der Waals surface area (Å²) in [4.78, 5) is 12.4. The number of Topliss-reactive ketones (excluding diaryl/α,β-unsaturated/α-hetero) is 1. The number of carbonyl (C=O) groups is 1. The van der Waals surface area contributed by atoms with Gasteiger partial charge >= 0.3 is 0 Å². The molecule has 0 radical (unpaired) electrons. The number of hydrogen-bond acceptors (Lipinski definition) is 2. The summed E-state index contributed by atoms with van der Waals surface area (Å²) in [6, 6.07) is 7.15. The second-order valence-electron chi connectivity index (χ2n) is 4.73. The van der Waals surface area contributed by atoms with Gasteiger partial charge in [-0.15, -0.1) is 0 Å². The minimum absolute atomic E-state index is 0.0451. The fraction of sp³-hybridized carbons (Fsp3) is 0.462. The Kier molecular flexibility index (Phi) is 3.04. The van der Waals surface area contributed by atoms with Gasteiger partial charge < -0.3 is 5.73 Å². The molecular formula is C13H16ClNO. The highest BCUT2D eigenvalue weighted by Gasteiger charge is 2.43. The highest BCUT2D eigenvalue weighted by Crippen LogP contribution is 2.40. The quantitative estimate of drug-likeness (QED) is 0.804. The fourth-order valence-corrected chi connectivity index (χ4v) is 2.65. The van der Waals surface area contributed by atoms with E-state index in [0.717, 1.165) is 19.3 Å². The molecule has 0 bridgehead atoms. The lowest BCUT2D eigenvalue weighted by Crippen LogP contribution is -2.41. The van der Waals surface area contributed by atoms with Crippen LogP contribution in [0.25, 0.3) is 0 Å². The van der Waals surface area contributed by atoms with E-state index < -0.39 is 5.41 Å². The van der Waals surface area contributed by atoms with E-state index in [-0.39, 0.29) is 11.8 Å². The zero-order valence-electron chi connectivity index (χ0n) is 9.37. The number of hydrogen-bond donors (Lipinski definition) is 1. The molecule has 0 heterocycles. The molecule has 1 fully saturated rings. The Hall–Kier alpha value is -0.860. The van der Waals surface area contributed by atoms with Gasteiger partial charge in [0, 0.05) is 17.0 Å². The van der Waals surface area contributed by atoms with E-state index in [1.807, 2.05) is 19.1 Å². The number of benzene rings is 1. The number of ketones is 1. The van der Waals surface area contributed by atoms with Crippen LogP contribution in [0.2, 0.25) is 5.02 Å². The molecule has 2 rings (SSSR count). The summed E-state index contributed by atoms with van der Waals surface area (Å²) in [5.41, 5.74) is 6.20. The normalized spacial score (nSPS) is 29.3. The highest BCUT2D eigenvalue weighted by atomic mass is 35.5. The molecule has 0 saturated heterocycles. The predicted molar refractivity (Wildman–Crippen MR) is 65.7 cm³/mol. The van der Waals surface area contributed by atoms with Gasteiger partial charge in [0.15, 0.2) is 5.78 Å². The van der Waals surface area contributed by atoms with Gasteiger partial charge in [0.2, 0.25) is 0 Å². The minimum Gasteiger partial charge on any atom is -0.327 e. The lowest BCUT2D eigenvalue weighted by molar-refractivity contribution is 0.0803. The van der Waals surface area contributed by atoms with Crippen LogP contribution in [-0.4, -0.2) is 11.8 Å². The SMILES string of the molecule is CC1(C(=O)c2ccccc2Cl)CCCC1N. The van der Waals surface area contributed by atoms with Gasteiger partial charge in [0.1, 0.15) is 0 Å². The van der Waals surface area contributed by atoms with Crippen LogP contribution < -0.4 is 5.73 Å². The summed E-state index contributed by atoms with van der Waals surface area (Å²) in [6.07, 6.45) is 2.80. The molecule has 3 heteroatoms. The molecule has 1 aliphatic carbocycles. The largest absolute Gasteiger partial charge is 0.327 e. The van der Waals surface area contributed by atoms with E-state index in [1.165, 1.54) is 0 Å². The van der Waals surface area contributed by atoms with Crippen molar-refractivity contribution in [3.63, 3.8) is 0 Å². The summed E-state index contributed by atoms with van der Waals surface area (Å²) in [7, 11) is 0. The van der Waals surface area contributed by atoms with Crippen LogP contribution in [0, 0.1) is 5.41 Å². The van der Waals surface area contributed by atoms with Crippen LogP contribution in [0.3, 0.4) is 0 Å². The van der Waals surface area contributed by atoms with Crippen molar-refractivity contribution in [2.75, 3.05) is 0 Å². The van der Waals surface area contributed by atoms with Gasteiger partial charge in [-0.05, 0) is 25.0 Å². The molecule has 2 atom stereocenters. The molecule has 0 spiro atoms. The Bertz CT molecular complexity index is 418. The zero-order chi connectivity index (χ0) is 11.8. The maximum absolute atomic E-state index is 12.4. The van der Waals surface area contributed by atoms with E-state index in [4.69, 9.17) is 17.3 Å². The van der Waals surface area contributed by atoms with E-state index in [2.05, 4.69) is 0 Å². The minimum atomic E-state index is -0.439. The van der Waals surface area contributed by atoms with Crippen molar-refractivity contribution in [3.8, 4) is 0 Å². The van der Waals surface area contributed by atoms with Crippen LogP contribution in [0.15, 0.2) is 24.3 Å². The number of halogens is 1. The van der Waals surface area contributed by atoms with Crippen LogP contribution >= 0.6 is 11.6 Å². The molecule has 1 aromatic carbocycles. The van der Waals surface area contributed by atoms with Crippen molar-refractivity contribution in [1.29, 1.82) is 0 Å². The average Bonchev–Trinajstić information content (AvgIpc) is 2.60. The lowest BCUT2D eigenvalue weighted by Gasteiger charge is -2.27. The smallest absolute Gasteiger partial charge is 0.171 e. The number of carbonyl (C=O) groups excluding carboxylic acids is 1. The Morgan fingerprint density at radius 1 is 1.50 bits per heavy atom. The van der Waals surface area contributed by atoms with E-state index in [1.54, 1.807) is 12.1 Å². The monoisotopic (exact) mass is 237 g/mol. The molecule has 1 saturated carbocycles. The van der Waals surface area contributed by atoms with Crippen LogP contribution in [0.1, 0.15) is 36.5 Å². The van der Waals surface area contributed by atoms with Gasteiger partial charge in [-0.2, -0.15) is 0 Å². The molecule has 2 nitrogen and oxygen atoms in total. The molecule has 0 aromatic heterocycles. The van der Waals surface area contributed by atoms with Gasteiger partial charge in [-0.3, -0.25) is 4.79 Å². The zero-order valence-corrected chi connectivity index (χ0v) is 10.1. The number of rotatable bonds is 2. The molecule has 0 amide bonds. The van der Waals surface area contributed by atoms with Crippen molar-refractivity contribution in [2.45, 2.75) is 32.2 Å². The highest BCUT2D eigenvalue weighted by molar-refractivity contribution is 6.34. The average molecular weight is 238 g/mol. The van der Waals surface area contributed by atoms with Gasteiger partial charge in [-0.25, -0.2) is 0 Å². The third kappa shape index (κ3) is 1.76. The Labute approximate surface area is 101 Å². The standard InChI is InChI=1S/C13H16ClNO/c1-13(8-4-7-11(13)15)12(16)9-5-2-3-6-10(9)14/h2-3,5-6,11H,4,7-8,15H2,1H3. The summed E-state index contributed by atoms with van der Waals surface area (Å²) >= 11 is 6.05. The van der Waals surface area contributed by atoms with Crippen molar-refractivity contribution in [1.82, 2.24) is 0 Å². The molecule has 2 unspecified atom stereocenters. The molecule has 0 aliphatic heterocycles. The second kappa shape index (κ2) is 4.19. The topological polar surface area (TPSA) is 43.1 Å².